The van der Waals surface area contributed by atoms with Crippen LogP contribution in [0.25, 0.3) is 0 Å². The van der Waals surface area contributed by atoms with Gasteiger partial charge in [0.1, 0.15) is 0 Å². The lowest BCUT2D eigenvalue weighted by Gasteiger charge is -2.23. The van der Waals surface area contributed by atoms with E-state index < -0.39 is 16.1 Å². The van der Waals surface area contributed by atoms with Crippen LogP contribution in [-0.4, -0.2) is 30.8 Å². The molecule has 0 aliphatic heterocycles. The van der Waals surface area contributed by atoms with E-state index >= 15 is 0 Å². The number of likely N-dealkylation sites (N-methyl/N-ethyl adjacent to an activating group) is 1. The number of sulfonamides is 1. The largest absolute Gasteiger partial charge is 0.392 e. The Morgan fingerprint density at radius 1 is 1.37 bits per heavy atom. The summed E-state index contributed by atoms with van der Waals surface area (Å²) in [7, 11) is -2.06. The summed E-state index contributed by atoms with van der Waals surface area (Å²) in [6.45, 7) is 3.76. The number of aryl methyl sites for hydroxylation is 1. The lowest BCUT2D eigenvalue weighted by atomic mass is 10.1. The van der Waals surface area contributed by atoms with Gasteiger partial charge < -0.3 is 5.73 Å². The van der Waals surface area contributed by atoms with Gasteiger partial charge in [-0.05, 0) is 31.0 Å². The molecule has 0 radical (unpaired) electrons. The van der Waals surface area contributed by atoms with Crippen LogP contribution in [0.1, 0.15) is 25.8 Å². The van der Waals surface area contributed by atoms with E-state index in [0.29, 0.717) is 0 Å². The van der Waals surface area contributed by atoms with Gasteiger partial charge in [-0.3, -0.25) is 0 Å². The van der Waals surface area contributed by atoms with E-state index in [1.165, 1.54) is 11.4 Å². The van der Waals surface area contributed by atoms with Gasteiger partial charge in [-0.2, -0.15) is 4.31 Å². The Bertz CT molecular complexity index is 538. The summed E-state index contributed by atoms with van der Waals surface area (Å²) < 4.78 is 25.9. The van der Waals surface area contributed by atoms with Crippen LogP contribution in [-0.2, 0) is 16.4 Å². The summed E-state index contributed by atoms with van der Waals surface area (Å²) in [5.41, 5.74) is 6.63. The first kappa shape index (κ1) is 16.1. The Labute approximate surface area is 120 Å². The summed E-state index contributed by atoms with van der Waals surface area (Å²) in [4.78, 5) is 0.423. The van der Waals surface area contributed by atoms with Crippen LogP contribution in [0.4, 0.5) is 0 Å². The molecule has 1 unspecified atom stereocenters. The van der Waals surface area contributed by atoms with Crippen molar-refractivity contribution >= 4 is 27.2 Å². The second kappa shape index (κ2) is 6.45. The minimum absolute atomic E-state index is 0.161. The molecule has 4 nitrogen and oxygen atoms in total. The van der Waals surface area contributed by atoms with Crippen LogP contribution >= 0.6 is 12.2 Å². The summed E-state index contributed by atoms with van der Waals surface area (Å²) in [5.74, 6) is 0. The molecule has 0 aliphatic carbocycles. The van der Waals surface area contributed by atoms with Crippen LogP contribution in [0.2, 0.25) is 0 Å². The Kier molecular flexibility index (Phi) is 5.46. The van der Waals surface area contributed by atoms with Gasteiger partial charge in [0.2, 0.25) is 10.0 Å². The van der Waals surface area contributed by atoms with Crippen LogP contribution < -0.4 is 5.73 Å². The van der Waals surface area contributed by atoms with Gasteiger partial charge in [-0.25, -0.2) is 8.42 Å². The third kappa shape index (κ3) is 3.75. The lowest BCUT2D eigenvalue weighted by molar-refractivity contribution is 0.451. The molecule has 6 heteroatoms. The average molecular weight is 300 g/mol. The van der Waals surface area contributed by atoms with Crippen molar-refractivity contribution in [2.45, 2.75) is 37.6 Å². The molecule has 1 aromatic carbocycles. The molecule has 19 heavy (non-hydrogen) atoms. The second-order valence-corrected chi connectivity index (χ2v) is 6.96. The molecule has 0 fully saturated rings. The molecule has 0 bridgehead atoms. The topological polar surface area (TPSA) is 63.4 Å². The fourth-order valence-corrected chi connectivity index (χ4v) is 3.24. The number of hydrogen-bond acceptors (Lipinski definition) is 3. The predicted octanol–water partition coefficient (Wildman–Crippen LogP) is 1.93. The molecule has 106 valence electrons. The standard InChI is InChI=1S/C13H20N2O2S2/c1-4-5-11-6-8-12(9-7-11)19(16,17)15(3)10(2)13(14)18/h6-10H,4-5H2,1-3H3,(H2,14,18). The Balaban J connectivity index is 3.03. The third-order valence-corrected chi connectivity index (χ3v) is 5.38. The zero-order chi connectivity index (χ0) is 14.6. The van der Waals surface area contributed by atoms with Crippen molar-refractivity contribution < 1.29 is 8.42 Å². The number of benzene rings is 1. The van der Waals surface area contributed by atoms with Gasteiger partial charge in [-0.15, -0.1) is 0 Å². The zero-order valence-corrected chi connectivity index (χ0v) is 13.1. The summed E-state index contributed by atoms with van der Waals surface area (Å²) in [6, 6.07) is 6.44. The van der Waals surface area contributed by atoms with Gasteiger partial charge in [0, 0.05) is 7.05 Å². The van der Waals surface area contributed by atoms with E-state index in [-0.39, 0.29) is 9.88 Å². The van der Waals surface area contributed by atoms with Gasteiger partial charge >= 0.3 is 0 Å². The number of nitrogens with two attached hydrogens (primary N) is 1. The minimum atomic E-state index is -3.55. The van der Waals surface area contributed by atoms with Crippen molar-refractivity contribution in [1.82, 2.24) is 4.31 Å². The van der Waals surface area contributed by atoms with Crippen LogP contribution in [0, 0.1) is 0 Å². The molecule has 0 aliphatic rings. The van der Waals surface area contributed by atoms with Gasteiger partial charge in [-0.1, -0.05) is 37.7 Å². The van der Waals surface area contributed by atoms with Crippen molar-refractivity contribution in [3.8, 4) is 0 Å². The fraction of sp³-hybridized carbons (Fsp3) is 0.462. The Hall–Kier alpha value is -0.980. The first-order valence-electron chi connectivity index (χ1n) is 6.17. The molecule has 0 amide bonds. The molecule has 0 spiro atoms. The molecule has 1 rings (SSSR count). The van der Waals surface area contributed by atoms with Crippen LogP contribution in [0.5, 0.6) is 0 Å². The highest BCUT2D eigenvalue weighted by molar-refractivity contribution is 7.89. The maximum absolute atomic E-state index is 12.4. The summed E-state index contributed by atoms with van der Waals surface area (Å²) in [5, 5.41) is 0. The first-order chi connectivity index (χ1) is 8.80. The van der Waals surface area contributed by atoms with Crippen molar-refractivity contribution in [1.29, 1.82) is 0 Å². The van der Waals surface area contributed by atoms with Crippen molar-refractivity contribution in [2.24, 2.45) is 5.73 Å². The predicted molar refractivity (Wildman–Crippen MR) is 81.6 cm³/mol. The SMILES string of the molecule is CCCc1ccc(S(=O)(=O)N(C)C(C)C(N)=S)cc1. The second-order valence-electron chi connectivity index (χ2n) is 4.49. The molecular weight excluding hydrogens is 280 g/mol. The molecule has 2 N–H and O–H groups in total. The van der Waals surface area contributed by atoms with Crippen LogP contribution in [0.3, 0.4) is 0 Å². The van der Waals surface area contributed by atoms with Gasteiger partial charge in [0.15, 0.2) is 0 Å². The van der Waals surface area contributed by atoms with E-state index in [9.17, 15) is 8.42 Å². The quantitative estimate of drug-likeness (QED) is 0.816. The molecule has 0 heterocycles. The van der Waals surface area contributed by atoms with Crippen molar-refractivity contribution in [2.75, 3.05) is 7.05 Å². The highest BCUT2D eigenvalue weighted by Crippen LogP contribution is 2.18. The van der Waals surface area contributed by atoms with Crippen molar-refractivity contribution in [3.05, 3.63) is 29.8 Å². The number of hydrogen-bond donors (Lipinski definition) is 1. The maximum Gasteiger partial charge on any atom is 0.243 e. The number of nitrogens with zero attached hydrogens (tertiary/aromatic N) is 1. The summed E-state index contributed by atoms with van der Waals surface area (Å²) >= 11 is 4.84. The zero-order valence-electron chi connectivity index (χ0n) is 11.5. The number of thiocarbonyl (C=S) groups is 1. The Morgan fingerprint density at radius 3 is 2.32 bits per heavy atom. The monoisotopic (exact) mass is 300 g/mol. The van der Waals surface area contributed by atoms with Gasteiger partial charge in [0.25, 0.3) is 0 Å². The van der Waals surface area contributed by atoms with Gasteiger partial charge in [0.05, 0.1) is 15.9 Å². The Morgan fingerprint density at radius 2 is 1.89 bits per heavy atom. The van der Waals surface area contributed by atoms with E-state index in [0.717, 1.165) is 18.4 Å². The highest BCUT2D eigenvalue weighted by atomic mass is 32.2. The molecular formula is C13H20N2O2S2. The minimum Gasteiger partial charge on any atom is -0.392 e. The average Bonchev–Trinajstić information content (AvgIpc) is 2.37. The maximum atomic E-state index is 12.4. The fourth-order valence-electron chi connectivity index (χ4n) is 1.67. The molecule has 0 saturated heterocycles. The molecule has 0 saturated carbocycles. The molecule has 1 aromatic rings. The molecule has 1 atom stereocenters. The lowest BCUT2D eigenvalue weighted by Crippen LogP contribution is -2.42. The van der Waals surface area contributed by atoms with E-state index in [1.54, 1.807) is 19.1 Å². The third-order valence-electron chi connectivity index (χ3n) is 3.10. The summed E-state index contributed by atoms with van der Waals surface area (Å²) in [6.07, 6.45) is 1.98. The van der Waals surface area contributed by atoms with E-state index in [2.05, 4.69) is 6.92 Å². The normalized spacial score (nSPS) is 13.5. The highest BCUT2D eigenvalue weighted by Gasteiger charge is 2.26. The number of rotatable bonds is 6. The molecule has 0 aromatic heterocycles. The van der Waals surface area contributed by atoms with E-state index in [4.69, 9.17) is 18.0 Å². The first-order valence-corrected chi connectivity index (χ1v) is 8.01. The van der Waals surface area contributed by atoms with Crippen LogP contribution in [0.15, 0.2) is 29.2 Å². The van der Waals surface area contributed by atoms with E-state index in [1.807, 2.05) is 12.1 Å². The smallest absolute Gasteiger partial charge is 0.243 e. The van der Waals surface area contributed by atoms with Crippen molar-refractivity contribution in [3.63, 3.8) is 0 Å².